The van der Waals surface area contributed by atoms with Crippen LogP contribution in [0.3, 0.4) is 0 Å². The van der Waals surface area contributed by atoms with Gasteiger partial charge in [0.2, 0.25) is 11.8 Å². The highest BCUT2D eigenvalue weighted by molar-refractivity contribution is 6.25. The molecule has 0 spiro atoms. The minimum absolute atomic E-state index is 0.0694. The van der Waals surface area contributed by atoms with Gasteiger partial charge in [0.1, 0.15) is 0 Å². The molecule has 22 heavy (non-hydrogen) atoms. The highest BCUT2D eigenvalue weighted by atomic mass is 16.2. The van der Waals surface area contributed by atoms with Crippen molar-refractivity contribution in [3.05, 3.63) is 36.5 Å². The lowest BCUT2D eigenvalue weighted by molar-refractivity contribution is -0.126. The van der Waals surface area contributed by atoms with E-state index in [1.165, 1.54) is 4.90 Å². The maximum Gasteiger partial charge on any atom is 0.240 e. The first-order valence-corrected chi connectivity index (χ1v) is 7.84. The SMILES string of the molecule is CCCC1(CC)CC(=O)N(c2cccc3cccnc23)C1=O. The number of imide groups is 1. The molecule has 2 aromatic rings. The molecule has 2 heterocycles. The van der Waals surface area contributed by atoms with Crippen molar-refractivity contribution in [3.8, 4) is 0 Å². The number of rotatable bonds is 4. The van der Waals surface area contributed by atoms with Crippen molar-refractivity contribution in [1.82, 2.24) is 4.98 Å². The zero-order valence-corrected chi connectivity index (χ0v) is 13.0. The Morgan fingerprint density at radius 2 is 1.95 bits per heavy atom. The second kappa shape index (κ2) is 5.52. The summed E-state index contributed by atoms with van der Waals surface area (Å²) in [6.07, 6.45) is 4.34. The summed E-state index contributed by atoms with van der Waals surface area (Å²) in [5, 5.41) is 0.935. The first kappa shape index (κ1) is 14.7. The van der Waals surface area contributed by atoms with Crippen LogP contribution in [0.25, 0.3) is 10.9 Å². The number of fused-ring (bicyclic) bond motifs is 1. The Hall–Kier alpha value is -2.23. The van der Waals surface area contributed by atoms with E-state index in [4.69, 9.17) is 0 Å². The molecule has 1 atom stereocenters. The van der Waals surface area contributed by atoms with Crippen LogP contribution in [0.1, 0.15) is 39.5 Å². The van der Waals surface area contributed by atoms with E-state index in [-0.39, 0.29) is 11.8 Å². The standard InChI is InChI=1S/C18H20N2O2/c1-3-10-18(4-2)12-15(21)20(17(18)22)14-9-5-7-13-8-6-11-19-16(13)14/h5-9,11H,3-4,10,12H2,1-2H3. The summed E-state index contributed by atoms with van der Waals surface area (Å²) in [6.45, 7) is 4.04. The first-order valence-electron chi connectivity index (χ1n) is 7.84. The average molecular weight is 296 g/mol. The fraction of sp³-hybridized carbons (Fsp3) is 0.389. The van der Waals surface area contributed by atoms with Crippen LogP contribution in [0, 0.1) is 5.41 Å². The molecule has 0 N–H and O–H groups in total. The van der Waals surface area contributed by atoms with E-state index in [0.29, 0.717) is 24.0 Å². The van der Waals surface area contributed by atoms with E-state index in [0.717, 1.165) is 18.2 Å². The van der Waals surface area contributed by atoms with E-state index in [2.05, 4.69) is 11.9 Å². The number of hydrogen-bond acceptors (Lipinski definition) is 3. The summed E-state index contributed by atoms with van der Waals surface area (Å²) >= 11 is 0. The monoisotopic (exact) mass is 296 g/mol. The van der Waals surface area contributed by atoms with Gasteiger partial charge in [0, 0.05) is 18.0 Å². The lowest BCUT2D eigenvalue weighted by atomic mass is 9.79. The van der Waals surface area contributed by atoms with E-state index >= 15 is 0 Å². The van der Waals surface area contributed by atoms with Crippen LogP contribution in [-0.4, -0.2) is 16.8 Å². The van der Waals surface area contributed by atoms with Gasteiger partial charge >= 0.3 is 0 Å². The van der Waals surface area contributed by atoms with Crippen molar-refractivity contribution < 1.29 is 9.59 Å². The molecule has 1 aliphatic heterocycles. The Kier molecular flexibility index (Phi) is 3.69. The topological polar surface area (TPSA) is 50.3 Å². The van der Waals surface area contributed by atoms with Crippen molar-refractivity contribution in [2.24, 2.45) is 5.41 Å². The molecule has 4 nitrogen and oxygen atoms in total. The molecular weight excluding hydrogens is 276 g/mol. The Balaban J connectivity index is 2.11. The molecule has 2 amide bonds. The zero-order valence-electron chi connectivity index (χ0n) is 13.0. The van der Waals surface area contributed by atoms with Crippen LogP contribution in [0.15, 0.2) is 36.5 Å². The summed E-state index contributed by atoms with van der Waals surface area (Å²) in [5.41, 5.74) is 0.776. The third kappa shape index (κ3) is 2.10. The normalized spacial score (nSPS) is 21.8. The number of para-hydroxylation sites is 1. The summed E-state index contributed by atoms with van der Waals surface area (Å²) in [7, 11) is 0. The second-order valence-corrected chi connectivity index (χ2v) is 5.95. The molecular formula is C18H20N2O2. The zero-order chi connectivity index (χ0) is 15.7. The van der Waals surface area contributed by atoms with Gasteiger partial charge in [-0.1, -0.05) is 38.5 Å². The van der Waals surface area contributed by atoms with Gasteiger partial charge in [0.25, 0.3) is 0 Å². The van der Waals surface area contributed by atoms with E-state index in [9.17, 15) is 9.59 Å². The van der Waals surface area contributed by atoms with Gasteiger partial charge in [-0.25, -0.2) is 4.90 Å². The van der Waals surface area contributed by atoms with Crippen LogP contribution >= 0.6 is 0 Å². The van der Waals surface area contributed by atoms with Crippen LogP contribution in [0.5, 0.6) is 0 Å². The quantitative estimate of drug-likeness (QED) is 0.808. The summed E-state index contributed by atoms with van der Waals surface area (Å²) in [6, 6.07) is 9.41. The maximum atomic E-state index is 13.0. The van der Waals surface area contributed by atoms with Crippen molar-refractivity contribution >= 4 is 28.4 Å². The van der Waals surface area contributed by atoms with Gasteiger partial charge < -0.3 is 0 Å². The summed E-state index contributed by atoms with van der Waals surface area (Å²) < 4.78 is 0. The third-order valence-electron chi connectivity index (χ3n) is 4.65. The molecule has 0 saturated carbocycles. The average Bonchev–Trinajstić information content (AvgIpc) is 2.78. The van der Waals surface area contributed by atoms with Crippen LogP contribution in [0.4, 0.5) is 5.69 Å². The number of amides is 2. The molecule has 1 aromatic carbocycles. The number of carbonyl (C=O) groups excluding carboxylic acids is 2. The number of nitrogens with zero attached hydrogens (tertiary/aromatic N) is 2. The lowest BCUT2D eigenvalue weighted by Crippen LogP contribution is -2.35. The fourth-order valence-electron chi connectivity index (χ4n) is 3.43. The molecule has 1 aromatic heterocycles. The molecule has 0 radical (unpaired) electrons. The summed E-state index contributed by atoms with van der Waals surface area (Å²) in [4.78, 5) is 31.3. The van der Waals surface area contributed by atoms with Gasteiger partial charge in [0.15, 0.2) is 0 Å². The van der Waals surface area contributed by atoms with Crippen molar-refractivity contribution in [2.45, 2.75) is 39.5 Å². The molecule has 0 aliphatic carbocycles. The predicted octanol–water partition coefficient (Wildman–Crippen LogP) is 3.69. The van der Waals surface area contributed by atoms with Gasteiger partial charge in [-0.3, -0.25) is 14.6 Å². The highest BCUT2D eigenvalue weighted by Crippen LogP contribution is 2.43. The number of carbonyl (C=O) groups is 2. The molecule has 1 unspecified atom stereocenters. The minimum Gasteiger partial charge on any atom is -0.274 e. The number of pyridine rings is 1. The number of benzene rings is 1. The van der Waals surface area contributed by atoms with Gasteiger partial charge in [0.05, 0.1) is 16.6 Å². The Bertz CT molecular complexity index is 735. The lowest BCUT2D eigenvalue weighted by Gasteiger charge is -2.25. The minimum atomic E-state index is -0.539. The van der Waals surface area contributed by atoms with E-state index in [1.54, 1.807) is 6.20 Å². The molecule has 3 rings (SSSR count). The number of aromatic nitrogens is 1. The second-order valence-electron chi connectivity index (χ2n) is 5.95. The van der Waals surface area contributed by atoms with Crippen molar-refractivity contribution in [2.75, 3.05) is 4.90 Å². The Morgan fingerprint density at radius 1 is 1.18 bits per heavy atom. The molecule has 1 saturated heterocycles. The summed E-state index contributed by atoms with van der Waals surface area (Å²) in [5.74, 6) is -0.182. The van der Waals surface area contributed by atoms with Crippen LogP contribution in [0.2, 0.25) is 0 Å². The van der Waals surface area contributed by atoms with E-state index in [1.807, 2.05) is 37.3 Å². The van der Waals surface area contributed by atoms with E-state index < -0.39 is 5.41 Å². The van der Waals surface area contributed by atoms with Crippen LogP contribution in [-0.2, 0) is 9.59 Å². The Morgan fingerprint density at radius 3 is 2.68 bits per heavy atom. The van der Waals surface area contributed by atoms with Crippen molar-refractivity contribution in [3.63, 3.8) is 0 Å². The maximum absolute atomic E-state index is 13.0. The predicted molar refractivity (Wildman–Crippen MR) is 86.5 cm³/mol. The Labute approximate surface area is 130 Å². The fourth-order valence-corrected chi connectivity index (χ4v) is 3.43. The largest absolute Gasteiger partial charge is 0.274 e. The molecule has 114 valence electrons. The molecule has 4 heteroatoms. The molecule has 1 fully saturated rings. The third-order valence-corrected chi connectivity index (χ3v) is 4.65. The molecule has 0 bridgehead atoms. The van der Waals surface area contributed by atoms with Gasteiger partial charge in [-0.05, 0) is 25.0 Å². The number of hydrogen-bond donors (Lipinski definition) is 0. The van der Waals surface area contributed by atoms with Gasteiger partial charge in [-0.2, -0.15) is 0 Å². The molecule has 1 aliphatic rings. The smallest absolute Gasteiger partial charge is 0.240 e. The number of anilines is 1. The highest BCUT2D eigenvalue weighted by Gasteiger charge is 2.50. The first-order chi connectivity index (χ1) is 10.6. The van der Waals surface area contributed by atoms with Crippen LogP contribution < -0.4 is 4.90 Å². The van der Waals surface area contributed by atoms with Gasteiger partial charge in [-0.15, -0.1) is 0 Å². The van der Waals surface area contributed by atoms with Crippen molar-refractivity contribution in [1.29, 1.82) is 0 Å².